The zero-order valence-corrected chi connectivity index (χ0v) is 10.6. The first kappa shape index (κ1) is 10.1. The van der Waals surface area contributed by atoms with Crippen LogP contribution in [-0.4, -0.2) is 40.2 Å². The Labute approximate surface area is 89.9 Å². The molecule has 0 N–H and O–H groups in total. The number of halogens is 2. The predicted octanol–water partition coefficient (Wildman–Crippen LogP) is 1.72. The molecule has 61 valence electrons. The molecule has 2 atom stereocenters. The van der Waals surface area contributed by atoms with Crippen molar-refractivity contribution < 1.29 is 8.78 Å². The summed E-state index contributed by atoms with van der Waals surface area (Å²) in [4.78, 5) is 3.45. The molecule has 0 amide bonds. The monoisotopic (exact) mass is 380 g/mol. The fraction of sp³-hybridized carbons (Fsp3) is 0.286. The van der Waals surface area contributed by atoms with Crippen molar-refractivity contribution in [2.75, 3.05) is 0 Å². The van der Waals surface area contributed by atoms with Crippen LogP contribution in [0, 0.1) is 0 Å². The van der Waals surface area contributed by atoms with Crippen LogP contribution < -0.4 is 0 Å². The van der Waals surface area contributed by atoms with Crippen LogP contribution in [0.3, 0.4) is 0 Å². The Hall–Kier alpha value is 0.0621. The molecule has 0 bridgehead atoms. The molecule has 0 aliphatic heterocycles. The number of hydrogen-bond acceptors (Lipinski definition) is 2. The molecule has 0 aromatic heterocycles. The van der Waals surface area contributed by atoms with Gasteiger partial charge in [-0.25, -0.2) is 0 Å². The van der Waals surface area contributed by atoms with Crippen LogP contribution in [0.25, 0.3) is 0 Å². The van der Waals surface area contributed by atoms with Crippen LogP contribution >= 0.6 is 12.2 Å². The van der Waals surface area contributed by atoms with Gasteiger partial charge in [-0.1, -0.05) is 0 Å². The zero-order chi connectivity index (χ0) is 9.19. The van der Waals surface area contributed by atoms with Gasteiger partial charge in [0, 0.05) is 0 Å². The molecule has 0 saturated heterocycles. The molecular weight excluding hydrogens is 375 g/mol. The fourth-order valence-electron chi connectivity index (χ4n) is 0.871. The van der Waals surface area contributed by atoms with Gasteiger partial charge in [0.05, 0.1) is 0 Å². The number of thiocarbonyl (C=S) groups is 1. The number of nitrogens with zero attached hydrogens (tertiary/aromatic N) is 1. The summed E-state index contributed by atoms with van der Waals surface area (Å²) in [5.41, 5.74) is 0. The number of aliphatic imine (C=N–C) groups is 1. The number of rotatable bonds is 1. The summed E-state index contributed by atoms with van der Waals surface area (Å²) in [5.74, 6) is -0.590. The predicted molar refractivity (Wildman–Crippen MR) is 46.7 cm³/mol. The van der Waals surface area contributed by atoms with E-state index in [1.165, 1.54) is 18.2 Å². The number of allylic oxidation sites excluding steroid dienone is 2. The molecule has 3 radical (unpaired) electrons. The summed E-state index contributed by atoms with van der Waals surface area (Å²) in [6.45, 7) is 0. The van der Waals surface area contributed by atoms with Gasteiger partial charge in [-0.2, -0.15) is 0 Å². The van der Waals surface area contributed by atoms with Crippen molar-refractivity contribution in [1.82, 2.24) is 0 Å². The molecular formula is C7H4F2NPbS. The van der Waals surface area contributed by atoms with E-state index < -0.39 is 15.1 Å². The summed E-state index contributed by atoms with van der Waals surface area (Å²) in [7, 11) is 0. The van der Waals surface area contributed by atoms with Gasteiger partial charge < -0.3 is 0 Å². The van der Waals surface area contributed by atoms with Crippen molar-refractivity contribution in [2.45, 2.75) is 9.27 Å². The Bertz CT molecular complexity index is 292. The molecule has 0 aromatic rings. The number of alkyl halides is 1. The minimum atomic E-state index is -1.66. The summed E-state index contributed by atoms with van der Waals surface area (Å²) >= 11 is 4.48. The van der Waals surface area contributed by atoms with Crippen molar-refractivity contribution in [3.05, 3.63) is 24.1 Å². The van der Waals surface area contributed by atoms with E-state index in [0.717, 1.165) is 0 Å². The first-order chi connectivity index (χ1) is 5.58. The molecule has 1 rings (SSSR count). The van der Waals surface area contributed by atoms with Crippen LogP contribution in [-0.2, 0) is 0 Å². The van der Waals surface area contributed by atoms with E-state index in [1.54, 1.807) is 0 Å². The van der Waals surface area contributed by atoms with E-state index in [4.69, 9.17) is 0 Å². The van der Waals surface area contributed by atoms with E-state index in [0.29, 0.717) is 0 Å². The van der Waals surface area contributed by atoms with Crippen molar-refractivity contribution in [3.63, 3.8) is 0 Å². The molecule has 1 nitrogen and oxygen atoms in total. The first-order valence-corrected chi connectivity index (χ1v) is 5.49. The summed E-state index contributed by atoms with van der Waals surface area (Å²) < 4.78 is 24.8. The number of isothiocyanates is 1. The van der Waals surface area contributed by atoms with Gasteiger partial charge in [-0.3, -0.25) is 0 Å². The Balaban J connectivity index is 3.02. The van der Waals surface area contributed by atoms with Crippen LogP contribution in [0.1, 0.15) is 0 Å². The topological polar surface area (TPSA) is 12.4 Å². The molecule has 0 saturated carbocycles. The van der Waals surface area contributed by atoms with Gasteiger partial charge in [0.25, 0.3) is 0 Å². The Morgan fingerprint density at radius 2 is 2.42 bits per heavy atom. The average molecular weight is 379 g/mol. The van der Waals surface area contributed by atoms with Crippen molar-refractivity contribution in [1.29, 1.82) is 0 Å². The van der Waals surface area contributed by atoms with Gasteiger partial charge in [0.2, 0.25) is 0 Å². The van der Waals surface area contributed by atoms with Crippen LogP contribution in [0.2, 0.25) is 0 Å². The van der Waals surface area contributed by atoms with Gasteiger partial charge in [-0.15, -0.1) is 0 Å². The van der Waals surface area contributed by atoms with Crippen molar-refractivity contribution in [3.8, 4) is 0 Å². The van der Waals surface area contributed by atoms with Gasteiger partial charge in [0.1, 0.15) is 0 Å². The third kappa shape index (κ3) is 2.05. The van der Waals surface area contributed by atoms with Crippen LogP contribution in [0.15, 0.2) is 29.0 Å². The molecule has 2 unspecified atom stereocenters. The SMILES string of the molecule is FC1=CC=C[C](F)([Pb])C1N=C=S. The second-order valence-electron chi connectivity index (χ2n) is 2.30. The maximum atomic E-state index is 13.5. The van der Waals surface area contributed by atoms with Gasteiger partial charge in [0.15, 0.2) is 0 Å². The molecule has 12 heavy (non-hydrogen) atoms. The maximum absolute atomic E-state index is 13.5. The quantitative estimate of drug-likeness (QED) is 0.384. The minimum absolute atomic E-state index is 0.181. The second kappa shape index (κ2) is 3.85. The molecule has 0 heterocycles. The second-order valence-corrected chi connectivity index (χ2v) is 5.46. The summed E-state index contributed by atoms with van der Waals surface area (Å²) in [6, 6.07) is -1.10. The van der Waals surface area contributed by atoms with Crippen molar-refractivity contribution in [2.24, 2.45) is 4.99 Å². The molecule has 1 aliphatic rings. The van der Waals surface area contributed by atoms with E-state index in [-0.39, 0.29) is 25.8 Å². The van der Waals surface area contributed by atoms with E-state index in [9.17, 15) is 8.78 Å². The first-order valence-electron chi connectivity index (χ1n) is 3.14. The Morgan fingerprint density at radius 1 is 1.75 bits per heavy atom. The van der Waals surface area contributed by atoms with E-state index in [2.05, 4.69) is 17.2 Å². The van der Waals surface area contributed by atoms with Gasteiger partial charge >= 0.3 is 90.2 Å². The standard InChI is InChI=1S/C7H4F2NS.Pb/c8-5-2-1-3-6(9)7(5)10-4-11;/h1-3,7H;. The molecule has 1 aliphatic carbocycles. The normalized spacial score (nSPS) is 33.9. The zero-order valence-electron chi connectivity index (χ0n) is 5.92. The summed E-state index contributed by atoms with van der Waals surface area (Å²) in [5, 5.41) is 2.00. The Morgan fingerprint density at radius 3 is 2.92 bits per heavy atom. The van der Waals surface area contributed by atoms with Crippen molar-refractivity contribution >= 4 is 43.1 Å². The number of hydrogen-bond donors (Lipinski definition) is 0. The summed E-state index contributed by atoms with van der Waals surface area (Å²) in [6.07, 6.45) is 3.86. The fourth-order valence-corrected chi connectivity index (χ4v) is 2.14. The van der Waals surface area contributed by atoms with E-state index in [1.807, 2.05) is 5.16 Å². The molecule has 0 aromatic carbocycles. The Kier molecular flexibility index (Phi) is 3.25. The van der Waals surface area contributed by atoms with Crippen LogP contribution in [0.5, 0.6) is 0 Å². The van der Waals surface area contributed by atoms with Gasteiger partial charge in [-0.05, 0) is 0 Å². The third-order valence-electron chi connectivity index (χ3n) is 1.44. The molecule has 5 heteroatoms. The average Bonchev–Trinajstić information content (AvgIpc) is 1.97. The molecule has 0 spiro atoms. The molecule has 0 fully saturated rings. The van der Waals surface area contributed by atoms with Crippen LogP contribution in [0.4, 0.5) is 8.78 Å². The third-order valence-corrected chi connectivity index (χ3v) is 3.25. The van der Waals surface area contributed by atoms with E-state index >= 15 is 0 Å².